The highest BCUT2D eigenvalue weighted by Gasteiger charge is 2.02. The van der Waals surface area contributed by atoms with E-state index < -0.39 is 0 Å². The molecular formula is C13H20N2S. The normalized spacial score (nSPS) is 11.3. The van der Waals surface area contributed by atoms with Crippen LogP contribution >= 0.6 is 11.3 Å². The number of aromatic nitrogens is 2. The molecule has 0 radical (unpaired) electrons. The van der Waals surface area contributed by atoms with Crippen molar-refractivity contribution in [1.29, 1.82) is 0 Å². The first-order chi connectivity index (χ1) is 7.90. The van der Waals surface area contributed by atoms with Crippen molar-refractivity contribution < 1.29 is 0 Å². The molecule has 16 heavy (non-hydrogen) atoms. The lowest BCUT2D eigenvalue weighted by atomic mass is 10.1. The van der Waals surface area contributed by atoms with E-state index in [-0.39, 0.29) is 0 Å². The summed E-state index contributed by atoms with van der Waals surface area (Å²) in [6.45, 7) is 2.26. The number of rotatable bonds is 7. The van der Waals surface area contributed by atoms with E-state index >= 15 is 0 Å². The number of hydrogen-bond acceptors (Lipinski definition) is 2. The summed E-state index contributed by atoms with van der Waals surface area (Å²) in [5, 5.41) is 4.24. The zero-order valence-corrected chi connectivity index (χ0v) is 10.8. The van der Waals surface area contributed by atoms with E-state index in [2.05, 4.69) is 27.7 Å². The van der Waals surface area contributed by atoms with Crippen molar-refractivity contribution in [2.75, 3.05) is 0 Å². The Morgan fingerprint density at radius 2 is 1.94 bits per heavy atom. The molecule has 0 amide bonds. The van der Waals surface area contributed by atoms with Gasteiger partial charge in [0.2, 0.25) is 0 Å². The van der Waals surface area contributed by atoms with Crippen molar-refractivity contribution in [2.45, 2.75) is 51.9 Å². The first kappa shape index (κ1) is 11.6. The molecule has 2 aromatic rings. The molecule has 0 aliphatic rings. The highest BCUT2D eigenvalue weighted by molar-refractivity contribution is 7.09. The van der Waals surface area contributed by atoms with Crippen molar-refractivity contribution in [3.63, 3.8) is 0 Å². The Bertz CT molecular complexity index is 388. The molecule has 1 N–H and O–H groups in total. The van der Waals surface area contributed by atoms with Gasteiger partial charge in [-0.3, -0.25) is 0 Å². The third kappa shape index (κ3) is 3.08. The van der Waals surface area contributed by atoms with Gasteiger partial charge in [-0.05, 0) is 6.42 Å². The number of nitrogens with one attached hydrogen (secondary N) is 1. The minimum atomic E-state index is 1.10. The van der Waals surface area contributed by atoms with E-state index in [1.807, 2.05) is 0 Å². The topological polar surface area (TPSA) is 28.7 Å². The number of hydrogen-bond donors (Lipinski definition) is 1. The average Bonchev–Trinajstić information content (AvgIpc) is 2.83. The largest absolute Gasteiger partial charge is 0.341 e. The molecule has 88 valence electrons. The zero-order valence-electron chi connectivity index (χ0n) is 9.96. The first-order valence-corrected chi connectivity index (χ1v) is 7.25. The second-order valence-electron chi connectivity index (χ2n) is 4.37. The van der Waals surface area contributed by atoms with Gasteiger partial charge in [0.1, 0.15) is 5.82 Å². The van der Waals surface area contributed by atoms with Crippen LogP contribution in [-0.2, 0) is 6.42 Å². The predicted octanol–water partition coefficient (Wildman–Crippen LogP) is 4.53. The lowest BCUT2D eigenvalue weighted by molar-refractivity contribution is 0.602. The van der Waals surface area contributed by atoms with Crippen LogP contribution in [0.25, 0.3) is 11.0 Å². The maximum Gasteiger partial charge on any atom is 0.107 e. The van der Waals surface area contributed by atoms with Gasteiger partial charge in [-0.1, -0.05) is 39.0 Å². The Morgan fingerprint density at radius 3 is 2.75 bits per heavy atom. The number of H-pyrrole nitrogens is 1. The van der Waals surface area contributed by atoms with Crippen LogP contribution in [0, 0.1) is 0 Å². The summed E-state index contributed by atoms with van der Waals surface area (Å²) in [5.74, 6) is 1.16. The van der Waals surface area contributed by atoms with Gasteiger partial charge in [0.25, 0.3) is 0 Å². The van der Waals surface area contributed by atoms with Crippen LogP contribution in [0.1, 0.15) is 51.3 Å². The average molecular weight is 236 g/mol. The van der Waals surface area contributed by atoms with Crippen LogP contribution in [-0.4, -0.2) is 9.97 Å². The highest BCUT2D eigenvalue weighted by atomic mass is 32.1. The standard InChI is InChI=1S/C13H20N2S/c1-2-3-4-5-6-7-8-13-14-11-9-16-10-12(11)15-13/h9-10H,2-8H2,1H3,(H,14,15). The highest BCUT2D eigenvalue weighted by Crippen LogP contribution is 2.17. The number of nitrogens with zero attached hydrogens (tertiary/aromatic N) is 1. The molecule has 0 aromatic carbocycles. The summed E-state index contributed by atoms with van der Waals surface area (Å²) in [5.41, 5.74) is 2.33. The van der Waals surface area contributed by atoms with Gasteiger partial charge in [-0.25, -0.2) is 4.98 Å². The summed E-state index contributed by atoms with van der Waals surface area (Å²) >= 11 is 1.71. The van der Waals surface area contributed by atoms with Crippen molar-refractivity contribution in [3.8, 4) is 0 Å². The minimum Gasteiger partial charge on any atom is -0.341 e. The second kappa shape index (κ2) is 6.04. The Kier molecular flexibility index (Phi) is 4.40. The third-order valence-corrected chi connectivity index (χ3v) is 3.67. The number of aromatic amines is 1. The van der Waals surface area contributed by atoms with E-state index in [1.54, 1.807) is 11.3 Å². The molecule has 0 unspecified atom stereocenters. The van der Waals surface area contributed by atoms with Crippen LogP contribution in [0.3, 0.4) is 0 Å². The fourth-order valence-corrected chi connectivity index (χ4v) is 2.68. The van der Waals surface area contributed by atoms with Gasteiger partial charge >= 0.3 is 0 Å². The molecule has 2 nitrogen and oxygen atoms in total. The molecule has 0 saturated heterocycles. The molecule has 0 aliphatic heterocycles. The van der Waals surface area contributed by atoms with Crippen LogP contribution < -0.4 is 0 Å². The lowest BCUT2D eigenvalue weighted by Gasteiger charge is -1.98. The predicted molar refractivity (Wildman–Crippen MR) is 71.1 cm³/mol. The molecule has 2 heterocycles. The van der Waals surface area contributed by atoms with Crippen LogP contribution in [0.2, 0.25) is 0 Å². The SMILES string of the molecule is CCCCCCCCc1nc2cscc2[nH]1. The van der Waals surface area contributed by atoms with Crippen LogP contribution in [0.4, 0.5) is 0 Å². The van der Waals surface area contributed by atoms with Gasteiger partial charge in [-0.15, -0.1) is 11.3 Å². The summed E-state index contributed by atoms with van der Waals surface area (Å²) in [6, 6.07) is 0. The van der Waals surface area contributed by atoms with Gasteiger partial charge in [0.15, 0.2) is 0 Å². The van der Waals surface area contributed by atoms with Crippen LogP contribution in [0.5, 0.6) is 0 Å². The first-order valence-electron chi connectivity index (χ1n) is 6.31. The summed E-state index contributed by atoms with van der Waals surface area (Å²) in [6.07, 6.45) is 9.19. The fourth-order valence-electron chi connectivity index (χ4n) is 1.99. The second-order valence-corrected chi connectivity index (χ2v) is 5.12. The van der Waals surface area contributed by atoms with Gasteiger partial charge < -0.3 is 4.98 Å². The smallest absolute Gasteiger partial charge is 0.107 e. The lowest BCUT2D eigenvalue weighted by Crippen LogP contribution is -1.88. The molecule has 2 aromatic heterocycles. The summed E-state index contributed by atoms with van der Waals surface area (Å²) < 4.78 is 0. The maximum atomic E-state index is 4.56. The van der Waals surface area contributed by atoms with E-state index in [0.717, 1.165) is 17.8 Å². The number of imidazole rings is 1. The molecule has 0 bridgehead atoms. The summed E-state index contributed by atoms with van der Waals surface area (Å²) in [7, 11) is 0. The quantitative estimate of drug-likeness (QED) is 0.703. The van der Waals surface area contributed by atoms with Crippen molar-refractivity contribution in [1.82, 2.24) is 9.97 Å². The Balaban J connectivity index is 1.68. The van der Waals surface area contributed by atoms with Crippen molar-refractivity contribution in [2.24, 2.45) is 0 Å². The van der Waals surface area contributed by atoms with E-state index in [4.69, 9.17) is 0 Å². The zero-order chi connectivity index (χ0) is 11.2. The molecule has 0 spiro atoms. The number of thiophene rings is 1. The van der Waals surface area contributed by atoms with Crippen LogP contribution in [0.15, 0.2) is 10.8 Å². The molecule has 2 rings (SSSR count). The molecule has 0 fully saturated rings. The fraction of sp³-hybridized carbons (Fsp3) is 0.615. The van der Waals surface area contributed by atoms with Gasteiger partial charge in [0, 0.05) is 17.2 Å². The monoisotopic (exact) mass is 236 g/mol. The van der Waals surface area contributed by atoms with Gasteiger partial charge in [0.05, 0.1) is 11.0 Å². The molecule has 3 heteroatoms. The number of unbranched alkanes of at least 4 members (excludes halogenated alkanes) is 5. The maximum absolute atomic E-state index is 4.56. The molecule has 0 atom stereocenters. The Labute approximate surface area is 101 Å². The molecular weight excluding hydrogens is 216 g/mol. The van der Waals surface area contributed by atoms with Crippen molar-refractivity contribution >= 4 is 22.4 Å². The van der Waals surface area contributed by atoms with E-state index in [1.165, 1.54) is 44.0 Å². The Morgan fingerprint density at radius 1 is 1.12 bits per heavy atom. The number of fused-ring (bicyclic) bond motifs is 1. The minimum absolute atomic E-state index is 1.10. The molecule has 0 aliphatic carbocycles. The summed E-state index contributed by atoms with van der Waals surface area (Å²) in [4.78, 5) is 7.94. The van der Waals surface area contributed by atoms with E-state index in [9.17, 15) is 0 Å². The van der Waals surface area contributed by atoms with Crippen molar-refractivity contribution in [3.05, 3.63) is 16.6 Å². The van der Waals surface area contributed by atoms with E-state index in [0.29, 0.717) is 0 Å². The number of aryl methyl sites for hydroxylation is 1. The van der Waals surface area contributed by atoms with Gasteiger partial charge in [-0.2, -0.15) is 0 Å². The Hall–Kier alpha value is -0.830. The third-order valence-electron chi connectivity index (χ3n) is 2.94. The molecule has 0 saturated carbocycles.